The Morgan fingerprint density at radius 2 is 1.90 bits per heavy atom. The number of benzene rings is 1. The standard InChI is InChI=1S/C16H26N2O2S/c1-12(2)13-7-5-6-8-14(13)21(19,20)18-10-9-15(17)16(3,4)11-18/h5-8,12,15H,9-11,17H2,1-4H3. The molecule has 4 nitrogen and oxygen atoms in total. The van der Waals surface area contributed by atoms with Gasteiger partial charge in [-0.05, 0) is 29.4 Å². The Labute approximate surface area is 128 Å². The second-order valence-electron chi connectivity index (χ2n) is 6.91. The molecule has 0 bridgehead atoms. The Morgan fingerprint density at radius 3 is 2.48 bits per heavy atom. The van der Waals surface area contributed by atoms with E-state index in [0.29, 0.717) is 24.4 Å². The van der Waals surface area contributed by atoms with Gasteiger partial charge in [-0.1, -0.05) is 45.9 Å². The van der Waals surface area contributed by atoms with Gasteiger partial charge in [-0.15, -0.1) is 0 Å². The van der Waals surface area contributed by atoms with Crippen LogP contribution in [0.25, 0.3) is 0 Å². The minimum absolute atomic E-state index is 0.0456. The smallest absolute Gasteiger partial charge is 0.243 e. The van der Waals surface area contributed by atoms with Crippen molar-refractivity contribution in [1.29, 1.82) is 0 Å². The summed E-state index contributed by atoms with van der Waals surface area (Å²) in [5, 5.41) is 0. The molecule has 1 aromatic carbocycles. The van der Waals surface area contributed by atoms with Gasteiger partial charge in [0.15, 0.2) is 0 Å². The zero-order valence-electron chi connectivity index (χ0n) is 13.3. The molecule has 1 unspecified atom stereocenters. The molecule has 0 aliphatic carbocycles. The van der Waals surface area contributed by atoms with Crippen LogP contribution in [0.1, 0.15) is 45.6 Å². The summed E-state index contributed by atoms with van der Waals surface area (Å²) in [6, 6.07) is 7.35. The van der Waals surface area contributed by atoms with Crippen LogP contribution >= 0.6 is 0 Å². The van der Waals surface area contributed by atoms with Gasteiger partial charge in [-0.25, -0.2) is 8.42 Å². The maximum Gasteiger partial charge on any atom is 0.243 e. The monoisotopic (exact) mass is 310 g/mol. The largest absolute Gasteiger partial charge is 0.327 e. The molecular weight excluding hydrogens is 284 g/mol. The highest BCUT2D eigenvalue weighted by atomic mass is 32.2. The predicted octanol–water partition coefficient (Wildman–Crippen LogP) is 2.56. The van der Waals surface area contributed by atoms with Crippen LogP contribution in [-0.4, -0.2) is 31.9 Å². The fourth-order valence-electron chi connectivity index (χ4n) is 2.86. The van der Waals surface area contributed by atoms with Crippen molar-refractivity contribution in [1.82, 2.24) is 4.31 Å². The van der Waals surface area contributed by atoms with E-state index in [0.717, 1.165) is 5.56 Å². The summed E-state index contributed by atoms with van der Waals surface area (Å²) >= 11 is 0. The summed E-state index contributed by atoms with van der Waals surface area (Å²) in [6.07, 6.45) is 0.704. The highest BCUT2D eigenvalue weighted by Crippen LogP contribution is 2.33. The second kappa shape index (κ2) is 5.71. The van der Waals surface area contributed by atoms with E-state index in [1.54, 1.807) is 16.4 Å². The van der Waals surface area contributed by atoms with Gasteiger partial charge in [0.25, 0.3) is 0 Å². The lowest BCUT2D eigenvalue weighted by molar-refractivity contribution is 0.155. The lowest BCUT2D eigenvalue weighted by Crippen LogP contribution is -2.53. The second-order valence-corrected chi connectivity index (χ2v) is 8.82. The van der Waals surface area contributed by atoms with Crippen molar-refractivity contribution >= 4 is 10.0 Å². The van der Waals surface area contributed by atoms with Crippen molar-refractivity contribution < 1.29 is 8.42 Å². The lowest BCUT2D eigenvalue weighted by atomic mass is 9.81. The molecule has 1 aliphatic heterocycles. The van der Waals surface area contributed by atoms with Gasteiger partial charge in [0.05, 0.1) is 4.90 Å². The fraction of sp³-hybridized carbons (Fsp3) is 0.625. The fourth-order valence-corrected chi connectivity index (χ4v) is 4.84. The number of piperidine rings is 1. The molecule has 118 valence electrons. The van der Waals surface area contributed by atoms with Crippen molar-refractivity contribution in [3.05, 3.63) is 29.8 Å². The molecule has 0 amide bonds. The first-order valence-electron chi connectivity index (χ1n) is 7.51. The Bertz CT molecular complexity index is 608. The van der Waals surface area contributed by atoms with Crippen molar-refractivity contribution in [3.63, 3.8) is 0 Å². The van der Waals surface area contributed by atoms with Gasteiger partial charge in [0.2, 0.25) is 10.0 Å². The SMILES string of the molecule is CC(C)c1ccccc1S(=O)(=O)N1CCC(N)C(C)(C)C1. The number of rotatable bonds is 3. The molecule has 0 saturated carbocycles. The van der Waals surface area contributed by atoms with E-state index < -0.39 is 10.0 Å². The maximum atomic E-state index is 13.0. The van der Waals surface area contributed by atoms with Crippen LogP contribution in [0.15, 0.2) is 29.2 Å². The summed E-state index contributed by atoms with van der Waals surface area (Å²) in [5.74, 6) is 0.177. The third-order valence-corrected chi connectivity index (χ3v) is 6.36. The number of hydrogen-bond acceptors (Lipinski definition) is 3. The van der Waals surface area contributed by atoms with Gasteiger partial charge >= 0.3 is 0 Å². The van der Waals surface area contributed by atoms with Crippen LogP contribution in [0, 0.1) is 5.41 Å². The average Bonchev–Trinajstić information content (AvgIpc) is 2.41. The molecule has 0 spiro atoms. The quantitative estimate of drug-likeness (QED) is 0.933. The summed E-state index contributed by atoms with van der Waals surface area (Å²) in [7, 11) is -3.45. The molecule has 1 saturated heterocycles. The topological polar surface area (TPSA) is 63.4 Å². The van der Waals surface area contributed by atoms with E-state index >= 15 is 0 Å². The molecule has 21 heavy (non-hydrogen) atoms. The predicted molar refractivity (Wildman–Crippen MR) is 85.7 cm³/mol. The maximum absolute atomic E-state index is 13.0. The molecule has 1 heterocycles. The third kappa shape index (κ3) is 3.15. The van der Waals surface area contributed by atoms with Crippen LogP contribution < -0.4 is 5.73 Å². The number of sulfonamides is 1. The lowest BCUT2D eigenvalue weighted by Gasteiger charge is -2.42. The molecule has 1 fully saturated rings. The van der Waals surface area contributed by atoms with Gasteiger partial charge in [-0.3, -0.25) is 0 Å². The van der Waals surface area contributed by atoms with Crippen molar-refractivity contribution in [2.75, 3.05) is 13.1 Å². The zero-order chi connectivity index (χ0) is 15.8. The van der Waals surface area contributed by atoms with Crippen LogP contribution in [0.3, 0.4) is 0 Å². The summed E-state index contributed by atoms with van der Waals surface area (Å²) in [4.78, 5) is 0.436. The van der Waals surface area contributed by atoms with Crippen molar-refractivity contribution in [2.24, 2.45) is 11.1 Å². The number of nitrogens with two attached hydrogens (primary N) is 1. The van der Waals surface area contributed by atoms with Crippen molar-refractivity contribution in [3.8, 4) is 0 Å². The first kappa shape index (κ1) is 16.5. The first-order chi connectivity index (χ1) is 9.66. The minimum Gasteiger partial charge on any atom is -0.327 e. The van der Waals surface area contributed by atoms with Crippen LogP contribution in [0.4, 0.5) is 0 Å². The molecule has 2 N–H and O–H groups in total. The van der Waals surface area contributed by atoms with E-state index in [4.69, 9.17) is 5.73 Å². The van der Waals surface area contributed by atoms with Crippen molar-refractivity contribution in [2.45, 2.75) is 51.0 Å². The van der Waals surface area contributed by atoms with Crippen LogP contribution in [0.5, 0.6) is 0 Å². The molecule has 0 radical (unpaired) electrons. The first-order valence-corrected chi connectivity index (χ1v) is 8.95. The van der Waals surface area contributed by atoms with E-state index in [-0.39, 0.29) is 17.4 Å². The van der Waals surface area contributed by atoms with E-state index in [9.17, 15) is 8.42 Å². The number of nitrogens with zero attached hydrogens (tertiary/aromatic N) is 1. The molecule has 1 atom stereocenters. The molecular formula is C16H26N2O2S. The Morgan fingerprint density at radius 1 is 1.29 bits per heavy atom. The summed E-state index contributed by atoms with van der Waals surface area (Å²) < 4.78 is 27.6. The Kier molecular flexibility index (Phi) is 4.47. The van der Waals surface area contributed by atoms with Crippen LogP contribution in [0.2, 0.25) is 0 Å². The van der Waals surface area contributed by atoms with E-state index in [2.05, 4.69) is 0 Å². The van der Waals surface area contributed by atoms with Crippen LogP contribution in [-0.2, 0) is 10.0 Å². The van der Waals surface area contributed by atoms with Gasteiger partial charge in [0.1, 0.15) is 0 Å². The highest BCUT2D eigenvalue weighted by Gasteiger charge is 2.39. The zero-order valence-corrected chi connectivity index (χ0v) is 14.2. The third-order valence-electron chi connectivity index (χ3n) is 4.44. The Hall–Kier alpha value is -0.910. The highest BCUT2D eigenvalue weighted by molar-refractivity contribution is 7.89. The molecule has 1 aromatic rings. The van der Waals surface area contributed by atoms with Gasteiger partial charge in [-0.2, -0.15) is 4.31 Å². The van der Waals surface area contributed by atoms with Gasteiger partial charge < -0.3 is 5.73 Å². The minimum atomic E-state index is -3.45. The summed E-state index contributed by atoms with van der Waals surface area (Å²) in [5.41, 5.74) is 6.80. The Balaban J connectivity index is 2.40. The number of hydrogen-bond donors (Lipinski definition) is 1. The molecule has 2 rings (SSSR count). The van der Waals surface area contributed by atoms with E-state index in [1.807, 2.05) is 39.8 Å². The van der Waals surface area contributed by atoms with E-state index in [1.165, 1.54) is 0 Å². The molecule has 5 heteroatoms. The summed E-state index contributed by atoms with van der Waals surface area (Å²) in [6.45, 7) is 9.08. The molecule has 0 aromatic heterocycles. The average molecular weight is 310 g/mol. The van der Waals surface area contributed by atoms with Gasteiger partial charge in [0, 0.05) is 19.1 Å². The molecule has 1 aliphatic rings. The normalized spacial score (nSPS) is 23.4.